The van der Waals surface area contributed by atoms with E-state index in [2.05, 4.69) is 15.6 Å². The molecule has 1 aliphatic heterocycles. The van der Waals surface area contributed by atoms with Crippen molar-refractivity contribution in [3.63, 3.8) is 0 Å². The van der Waals surface area contributed by atoms with Gasteiger partial charge in [-0.2, -0.15) is 15.2 Å². The first-order valence-electron chi connectivity index (χ1n) is 9.67. The number of hydrogen-bond donors (Lipinski definition) is 1. The van der Waals surface area contributed by atoms with E-state index in [9.17, 15) is 9.59 Å². The van der Waals surface area contributed by atoms with Gasteiger partial charge in [0, 0.05) is 0 Å². The van der Waals surface area contributed by atoms with Crippen LogP contribution < -0.4 is 15.2 Å². The SMILES string of the molecule is COc1ccc(NN=CC(=O)C2C(=O)N(c3ccccc3)N=C2c2ccccc2)cc1. The van der Waals surface area contributed by atoms with Gasteiger partial charge in [0.15, 0.2) is 5.78 Å². The summed E-state index contributed by atoms with van der Waals surface area (Å²) < 4.78 is 5.12. The van der Waals surface area contributed by atoms with Gasteiger partial charge >= 0.3 is 0 Å². The zero-order valence-electron chi connectivity index (χ0n) is 16.8. The number of ether oxygens (including phenoxy) is 1. The molecule has 1 atom stereocenters. The first kappa shape index (κ1) is 20.0. The number of rotatable bonds is 7. The van der Waals surface area contributed by atoms with Crippen LogP contribution in [0.5, 0.6) is 5.75 Å². The number of para-hydroxylation sites is 1. The number of amides is 1. The van der Waals surface area contributed by atoms with Crippen LogP contribution in [-0.4, -0.2) is 30.7 Å². The largest absolute Gasteiger partial charge is 0.497 e. The van der Waals surface area contributed by atoms with Crippen molar-refractivity contribution < 1.29 is 14.3 Å². The summed E-state index contributed by atoms with van der Waals surface area (Å²) in [5.41, 5.74) is 5.19. The Morgan fingerprint density at radius 2 is 1.65 bits per heavy atom. The molecule has 0 aromatic heterocycles. The van der Waals surface area contributed by atoms with Crippen LogP contribution in [-0.2, 0) is 9.59 Å². The Morgan fingerprint density at radius 3 is 2.29 bits per heavy atom. The quantitative estimate of drug-likeness (QED) is 0.364. The third kappa shape index (κ3) is 4.35. The summed E-state index contributed by atoms with van der Waals surface area (Å²) in [4.78, 5) is 26.1. The van der Waals surface area contributed by atoms with E-state index < -0.39 is 17.6 Å². The lowest BCUT2D eigenvalue weighted by Gasteiger charge is -2.12. The molecule has 1 amide bonds. The number of nitrogens with zero attached hydrogens (tertiary/aromatic N) is 3. The summed E-state index contributed by atoms with van der Waals surface area (Å²) in [6.07, 6.45) is 1.12. The topological polar surface area (TPSA) is 83.4 Å². The molecule has 0 saturated carbocycles. The highest BCUT2D eigenvalue weighted by Gasteiger charge is 2.41. The lowest BCUT2D eigenvalue weighted by molar-refractivity contribution is -0.125. The highest BCUT2D eigenvalue weighted by molar-refractivity contribution is 6.44. The number of benzene rings is 3. The minimum Gasteiger partial charge on any atom is -0.497 e. The van der Waals surface area contributed by atoms with E-state index in [1.807, 2.05) is 48.5 Å². The number of nitrogens with one attached hydrogen (secondary N) is 1. The Bertz CT molecular complexity index is 1130. The van der Waals surface area contributed by atoms with E-state index in [-0.39, 0.29) is 0 Å². The lowest BCUT2D eigenvalue weighted by atomic mass is 9.93. The average molecular weight is 412 g/mol. The van der Waals surface area contributed by atoms with Crippen molar-refractivity contribution in [3.8, 4) is 5.75 Å². The fourth-order valence-electron chi connectivity index (χ4n) is 3.21. The van der Waals surface area contributed by atoms with E-state index >= 15 is 0 Å². The smallest absolute Gasteiger partial charge is 0.264 e. The monoisotopic (exact) mass is 412 g/mol. The fourth-order valence-corrected chi connectivity index (χ4v) is 3.21. The summed E-state index contributed by atoms with van der Waals surface area (Å²) in [6.45, 7) is 0. The second kappa shape index (κ2) is 9.04. The number of hydrazone groups is 2. The molecule has 0 spiro atoms. The molecule has 1 unspecified atom stereocenters. The Morgan fingerprint density at radius 1 is 1.00 bits per heavy atom. The number of Topliss-reactive ketones (excluding diaryl/α,β-unsaturated/α-hetero) is 1. The van der Waals surface area contributed by atoms with Crippen LogP contribution in [0.2, 0.25) is 0 Å². The van der Waals surface area contributed by atoms with Crippen LogP contribution in [0.3, 0.4) is 0 Å². The Kier molecular flexibility index (Phi) is 5.84. The van der Waals surface area contributed by atoms with Gasteiger partial charge in [-0.1, -0.05) is 48.5 Å². The number of carbonyl (C=O) groups is 2. The Balaban J connectivity index is 1.57. The first-order valence-corrected chi connectivity index (χ1v) is 9.67. The fraction of sp³-hybridized carbons (Fsp3) is 0.0833. The van der Waals surface area contributed by atoms with Crippen molar-refractivity contribution in [1.82, 2.24) is 0 Å². The van der Waals surface area contributed by atoms with Crippen molar-refractivity contribution in [3.05, 3.63) is 90.5 Å². The van der Waals surface area contributed by atoms with Crippen LogP contribution in [0.25, 0.3) is 0 Å². The highest BCUT2D eigenvalue weighted by atomic mass is 16.5. The number of anilines is 2. The molecule has 31 heavy (non-hydrogen) atoms. The highest BCUT2D eigenvalue weighted by Crippen LogP contribution is 2.27. The van der Waals surface area contributed by atoms with Gasteiger partial charge in [-0.05, 0) is 42.0 Å². The third-order valence-electron chi connectivity index (χ3n) is 4.77. The maximum Gasteiger partial charge on any atom is 0.264 e. The second-order valence-electron chi connectivity index (χ2n) is 6.77. The summed E-state index contributed by atoms with van der Waals surface area (Å²) in [7, 11) is 1.59. The van der Waals surface area contributed by atoms with Crippen molar-refractivity contribution in [2.45, 2.75) is 0 Å². The molecule has 3 aromatic rings. The van der Waals surface area contributed by atoms with Gasteiger partial charge in [0.1, 0.15) is 11.7 Å². The summed E-state index contributed by atoms with van der Waals surface area (Å²) in [5, 5.41) is 9.77. The van der Waals surface area contributed by atoms with Crippen molar-refractivity contribution in [2.24, 2.45) is 16.1 Å². The molecule has 3 aromatic carbocycles. The third-order valence-corrected chi connectivity index (χ3v) is 4.77. The molecule has 0 aliphatic carbocycles. The molecule has 1 N–H and O–H groups in total. The number of methoxy groups -OCH3 is 1. The van der Waals surface area contributed by atoms with E-state index in [0.717, 1.165) is 6.21 Å². The van der Waals surface area contributed by atoms with E-state index in [0.29, 0.717) is 28.4 Å². The first-order chi connectivity index (χ1) is 15.2. The van der Waals surface area contributed by atoms with Gasteiger partial charge < -0.3 is 4.74 Å². The van der Waals surface area contributed by atoms with Crippen LogP contribution in [0, 0.1) is 5.92 Å². The van der Waals surface area contributed by atoms with Gasteiger partial charge in [-0.3, -0.25) is 15.0 Å². The van der Waals surface area contributed by atoms with Crippen LogP contribution in [0.4, 0.5) is 11.4 Å². The Labute approximate surface area is 179 Å². The zero-order chi connectivity index (χ0) is 21.6. The predicted molar refractivity (Wildman–Crippen MR) is 121 cm³/mol. The minimum atomic E-state index is -1.07. The number of ketones is 1. The second-order valence-corrected chi connectivity index (χ2v) is 6.77. The molecule has 0 radical (unpaired) electrons. The van der Waals surface area contributed by atoms with E-state index in [4.69, 9.17) is 4.74 Å². The van der Waals surface area contributed by atoms with Gasteiger partial charge in [0.25, 0.3) is 5.91 Å². The zero-order valence-corrected chi connectivity index (χ0v) is 16.8. The number of hydrogen-bond acceptors (Lipinski definition) is 6. The van der Waals surface area contributed by atoms with Gasteiger partial charge in [-0.25, -0.2) is 0 Å². The molecule has 1 heterocycles. The van der Waals surface area contributed by atoms with E-state index in [1.165, 1.54) is 5.01 Å². The van der Waals surface area contributed by atoms with Crippen molar-refractivity contribution in [2.75, 3.05) is 17.5 Å². The molecule has 0 bridgehead atoms. The standard InChI is InChI=1S/C24H20N4O3/c1-31-20-14-12-18(13-15-20)26-25-16-21(29)22-23(17-8-4-2-5-9-17)27-28(24(22)30)19-10-6-3-7-11-19/h2-16,22,26H,1H3. The minimum absolute atomic E-state index is 0.398. The normalized spacial score (nSPS) is 15.8. The van der Waals surface area contributed by atoms with Crippen LogP contribution in [0.1, 0.15) is 5.56 Å². The summed E-state index contributed by atoms with van der Waals surface area (Å²) >= 11 is 0. The maximum atomic E-state index is 13.1. The van der Waals surface area contributed by atoms with Gasteiger partial charge in [-0.15, -0.1) is 0 Å². The molecule has 0 saturated heterocycles. The summed E-state index contributed by atoms with van der Waals surface area (Å²) in [6, 6.07) is 25.3. The molecule has 0 fully saturated rings. The predicted octanol–water partition coefficient (Wildman–Crippen LogP) is 3.73. The van der Waals surface area contributed by atoms with Crippen molar-refractivity contribution in [1.29, 1.82) is 0 Å². The molecule has 154 valence electrons. The van der Waals surface area contributed by atoms with Gasteiger partial charge in [0.2, 0.25) is 0 Å². The van der Waals surface area contributed by atoms with Gasteiger partial charge in [0.05, 0.1) is 30.4 Å². The molecule has 7 heteroatoms. The molecule has 1 aliphatic rings. The molecular formula is C24H20N4O3. The summed E-state index contributed by atoms with van der Waals surface area (Å²) in [5.74, 6) is -1.21. The maximum absolute atomic E-state index is 13.1. The lowest BCUT2D eigenvalue weighted by Crippen LogP contribution is -2.34. The van der Waals surface area contributed by atoms with Crippen molar-refractivity contribution >= 4 is 35.0 Å². The molecule has 7 nitrogen and oxygen atoms in total. The van der Waals surface area contributed by atoms with Crippen LogP contribution in [0.15, 0.2) is 95.1 Å². The number of carbonyl (C=O) groups excluding carboxylic acids is 2. The molecular weight excluding hydrogens is 392 g/mol. The van der Waals surface area contributed by atoms with Crippen LogP contribution >= 0.6 is 0 Å². The Hall–Kier alpha value is -4.26. The van der Waals surface area contributed by atoms with E-state index in [1.54, 1.807) is 43.5 Å². The average Bonchev–Trinajstić information content (AvgIpc) is 3.18. The molecule has 4 rings (SSSR count).